The van der Waals surface area contributed by atoms with Gasteiger partial charge in [0.05, 0.1) is 10.2 Å². The summed E-state index contributed by atoms with van der Waals surface area (Å²) in [6.45, 7) is 2.07. The first kappa shape index (κ1) is 11.3. The molecule has 2 nitrogen and oxygen atoms in total. The molecule has 0 atom stereocenters. The molecular formula is C14H11FN2S. The molecule has 1 aromatic carbocycles. The molecule has 90 valence electrons. The van der Waals surface area contributed by atoms with Crippen LogP contribution in [0.2, 0.25) is 0 Å². The molecule has 0 N–H and O–H groups in total. The summed E-state index contributed by atoms with van der Waals surface area (Å²) in [6.07, 6.45) is 2.75. The van der Waals surface area contributed by atoms with Crippen LogP contribution in [0.25, 0.3) is 20.8 Å². The zero-order valence-corrected chi connectivity index (χ0v) is 10.7. The van der Waals surface area contributed by atoms with Gasteiger partial charge in [0.1, 0.15) is 10.8 Å². The van der Waals surface area contributed by atoms with Crippen LogP contribution in [0.3, 0.4) is 0 Å². The SMILES string of the molecule is CCc1ccc(-c2nc3ccc(F)cc3s2)cn1. The maximum atomic E-state index is 13.1. The molecule has 3 aromatic rings. The number of hydrogen-bond acceptors (Lipinski definition) is 3. The molecule has 0 saturated heterocycles. The lowest BCUT2D eigenvalue weighted by atomic mass is 10.2. The lowest BCUT2D eigenvalue weighted by Crippen LogP contribution is -1.86. The molecule has 18 heavy (non-hydrogen) atoms. The van der Waals surface area contributed by atoms with E-state index in [0.717, 1.165) is 32.9 Å². The van der Waals surface area contributed by atoms with Gasteiger partial charge in [-0.15, -0.1) is 11.3 Å². The molecule has 0 unspecified atom stereocenters. The fourth-order valence-electron chi connectivity index (χ4n) is 1.78. The lowest BCUT2D eigenvalue weighted by molar-refractivity contribution is 0.630. The van der Waals surface area contributed by atoms with Crippen molar-refractivity contribution < 1.29 is 4.39 Å². The highest BCUT2D eigenvalue weighted by Crippen LogP contribution is 2.30. The van der Waals surface area contributed by atoms with Crippen molar-refractivity contribution in [3.05, 3.63) is 48.0 Å². The number of hydrogen-bond donors (Lipinski definition) is 0. The van der Waals surface area contributed by atoms with Crippen molar-refractivity contribution >= 4 is 21.6 Å². The number of thiazole rings is 1. The average Bonchev–Trinajstić information content (AvgIpc) is 2.81. The van der Waals surface area contributed by atoms with Crippen molar-refractivity contribution in [3.63, 3.8) is 0 Å². The number of aromatic nitrogens is 2. The van der Waals surface area contributed by atoms with E-state index in [1.54, 1.807) is 6.07 Å². The normalized spacial score (nSPS) is 11.0. The highest BCUT2D eigenvalue weighted by Gasteiger charge is 2.07. The first-order chi connectivity index (χ1) is 8.76. The molecule has 0 radical (unpaired) electrons. The summed E-state index contributed by atoms with van der Waals surface area (Å²) in [5.74, 6) is -0.225. The van der Waals surface area contributed by atoms with Crippen LogP contribution in [-0.2, 0) is 6.42 Å². The standard InChI is InChI=1S/C14H11FN2S/c1-2-11-5-3-9(8-16-11)14-17-12-6-4-10(15)7-13(12)18-14/h3-8H,2H2,1H3. The molecule has 0 aliphatic carbocycles. The second-order valence-electron chi connectivity index (χ2n) is 4.02. The summed E-state index contributed by atoms with van der Waals surface area (Å²) >= 11 is 1.49. The molecule has 2 heterocycles. The Morgan fingerprint density at radius 3 is 2.83 bits per heavy atom. The molecule has 0 amide bonds. The van der Waals surface area contributed by atoms with Gasteiger partial charge in [-0.25, -0.2) is 9.37 Å². The topological polar surface area (TPSA) is 25.8 Å². The number of benzene rings is 1. The van der Waals surface area contributed by atoms with E-state index in [1.165, 1.54) is 23.5 Å². The van der Waals surface area contributed by atoms with Crippen LogP contribution in [0, 0.1) is 5.82 Å². The van der Waals surface area contributed by atoms with Gasteiger partial charge >= 0.3 is 0 Å². The van der Waals surface area contributed by atoms with Gasteiger partial charge in [0, 0.05) is 17.5 Å². The van der Waals surface area contributed by atoms with Crippen LogP contribution in [-0.4, -0.2) is 9.97 Å². The number of rotatable bonds is 2. The highest BCUT2D eigenvalue weighted by molar-refractivity contribution is 7.21. The average molecular weight is 258 g/mol. The Balaban J connectivity index is 2.07. The summed E-state index contributed by atoms with van der Waals surface area (Å²) in [5.41, 5.74) is 2.87. The molecule has 0 spiro atoms. The molecule has 3 rings (SSSR count). The Hall–Kier alpha value is -1.81. The predicted octanol–water partition coefficient (Wildman–Crippen LogP) is 4.06. The largest absolute Gasteiger partial charge is 0.261 e. The molecular weight excluding hydrogens is 247 g/mol. The van der Waals surface area contributed by atoms with E-state index in [-0.39, 0.29) is 5.82 Å². The first-order valence-corrected chi connectivity index (χ1v) is 6.59. The van der Waals surface area contributed by atoms with Crippen molar-refractivity contribution in [1.29, 1.82) is 0 Å². The molecule has 0 fully saturated rings. The lowest BCUT2D eigenvalue weighted by Gasteiger charge is -1.97. The van der Waals surface area contributed by atoms with Crippen molar-refractivity contribution in [3.8, 4) is 10.6 Å². The Morgan fingerprint density at radius 1 is 1.22 bits per heavy atom. The number of halogens is 1. The third-order valence-corrected chi connectivity index (χ3v) is 3.85. The van der Waals surface area contributed by atoms with Gasteiger partial charge in [-0.3, -0.25) is 4.98 Å². The minimum Gasteiger partial charge on any atom is -0.261 e. The van der Waals surface area contributed by atoms with Crippen molar-refractivity contribution in [2.45, 2.75) is 13.3 Å². The number of aryl methyl sites for hydroxylation is 1. The van der Waals surface area contributed by atoms with Crippen LogP contribution in [0.4, 0.5) is 4.39 Å². The monoisotopic (exact) mass is 258 g/mol. The van der Waals surface area contributed by atoms with Gasteiger partial charge in [0.25, 0.3) is 0 Å². The van der Waals surface area contributed by atoms with Crippen LogP contribution < -0.4 is 0 Å². The van der Waals surface area contributed by atoms with Crippen LogP contribution >= 0.6 is 11.3 Å². The molecule has 0 aliphatic rings. The summed E-state index contributed by atoms with van der Waals surface area (Å²) in [5, 5.41) is 0.880. The Kier molecular flexibility index (Phi) is 2.80. The van der Waals surface area contributed by atoms with E-state index >= 15 is 0 Å². The van der Waals surface area contributed by atoms with Crippen molar-refractivity contribution in [1.82, 2.24) is 9.97 Å². The van der Waals surface area contributed by atoms with Crippen LogP contribution in [0.15, 0.2) is 36.5 Å². The van der Waals surface area contributed by atoms with Gasteiger partial charge in [-0.2, -0.15) is 0 Å². The second-order valence-corrected chi connectivity index (χ2v) is 5.05. The molecule has 0 aliphatic heterocycles. The molecule has 4 heteroatoms. The number of fused-ring (bicyclic) bond motifs is 1. The van der Waals surface area contributed by atoms with Crippen LogP contribution in [0.1, 0.15) is 12.6 Å². The number of pyridine rings is 1. The van der Waals surface area contributed by atoms with Gasteiger partial charge in [-0.1, -0.05) is 6.92 Å². The zero-order valence-electron chi connectivity index (χ0n) is 9.85. The molecule has 0 bridgehead atoms. The fraction of sp³-hybridized carbons (Fsp3) is 0.143. The summed E-state index contributed by atoms with van der Waals surface area (Å²) in [7, 11) is 0. The van der Waals surface area contributed by atoms with Gasteiger partial charge < -0.3 is 0 Å². The maximum absolute atomic E-state index is 13.1. The van der Waals surface area contributed by atoms with Gasteiger partial charge in [-0.05, 0) is 36.8 Å². The van der Waals surface area contributed by atoms with E-state index in [1.807, 2.05) is 18.3 Å². The fourth-order valence-corrected chi connectivity index (χ4v) is 2.76. The minimum absolute atomic E-state index is 0.225. The Labute approximate surface area is 108 Å². The van der Waals surface area contributed by atoms with E-state index in [0.29, 0.717) is 0 Å². The third-order valence-electron chi connectivity index (χ3n) is 2.78. The van der Waals surface area contributed by atoms with E-state index in [9.17, 15) is 4.39 Å². The summed E-state index contributed by atoms with van der Waals surface area (Å²) in [6, 6.07) is 8.68. The van der Waals surface area contributed by atoms with Gasteiger partial charge in [0.15, 0.2) is 0 Å². The predicted molar refractivity (Wildman–Crippen MR) is 72.2 cm³/mol. The van der Waals surface area contributed by atoms with E-state index < -0.39 is 0 Å². The molecule has 0 saturated carbocycles. The van der Waals surface area contributed by atoms with Gasteiger partial charge in [0.2, 0.25) is 0 Å². The maximum Gasteiger partial charge on any atom is 0.126 e. The minimum atomic E-state index is -0.225. The Bertz CT molecular complexity index is 689. The number of nitrogens with zero attached hydrogens (tertiary/aromatic N) is 2. The summed E-state index contributed by atoms with van der Waals surface area (Å²) in [4.78, 5) is 8.85. The van der Waals surface area contributed by atoms with Crippen LogP contribution in [0.5, 0.6) is 0 Å². The van der Waals surface area contributed by atoms with E-state index in [2.05, 4.69) is 16.9 Å². The first-order valence-electron chi connectivity index (χ1n) is 5.77. The molecule has 2 aromatic heterocycles. The smallest absolute Gasteiger partial charge is 0.126 e. The quantitative estimate of drug-likeness (QED) is 0.692. The van der Waals surface area contributed by atoms with E-state index in [4.69, 9.17) is 0 Å². The highest BCUT2D eigenvalue weighted by atomic mass is 32.1. The van der Waals surface area contributed by atoms with Crippen molar-refractivity contribution in [2.24, 2.45) is 0 Å². The van der Waals surface area contributed by atoms with Crippen molar-refractivity contribution in [2.75, 3.05) is 0 Å². The second kappa shape index (κ2) is 4.46. The zero-order chi connectivity index (χ0) is 12.5. The summed E-state index contributed by atoms with van der Waals surface area (Å²) < 4.78 is 14.0. The Morgan fingerprint density at radius 2 is 2.11 bits per heavy atom. The third kappa shape index (κ3) is 1.99.